The van der Waals surface area contributed by atoms with Crippen LogP contribution in [0.25, 0.3) is 0 Å². The van der Waals surface area contributed by atoms with Gasteiger partial charge in [-0.05, 0) is 5.75 Å². The lowest BCUT2D eigenvalue weighted by Crippen LogP contribution is -2.28. The molecule has 0 aliphatic heterocycles. The van der Waals surface area contributed by atoms with Crippen LogP contribution < -0.4 is 0 Å². The predicted molar refractivity (Wildman–Crippen MR) is 61.3 cm³/mol. The standard InChI is InChI=1S/C11H22OS/c1-7-13-11(5,6)8-9(12)10(2,3)4/h7-8H2,1-6H3. The molecule has 13 heavy (non-hydrogen) atoms. The third-order valence-corrected chi connectivity index (χ3v) is 3.17. The highest BCUT2D eigenvalue weighted by Crippen LogP contribution is 2.31. The lowest BCUT2D eigenvalue weighted by atomic mass is 9.86. The van der Waals surface area contributed by atoms with Crippen LogP contribution in [0.1, 0.15) is 48.0 Å². The third-order valence-electron chi connectivity index (χ3n) is 1.96. The van der Waals surface area contributed by atoms with Gasteiger partial charge in [-0.2, -0.15) is 11.8 Å². The minimum Gasteiger partial charge on any atom is -0.299 e. The number of ketones is 1. The van der Waals surface area contributed by atoms with Crippen LogP contribution in [0.3, 0.4) is 0 Å². The van der Waals surface area contributed by atoms with Crippen molar-refractivity contribution in [3.05, 3.63) is 0 Å². The number of hydrogen-bond donors (Lipinski definition) is 0. The minimum atomic E-state index is -0.189. The Balaban J connectivity index is 4.20. The number of Topliss-reactive ketones (excluding diaryl/α,β-unsaturated/α-hetero) is 1. The molecular weight excluding hydrogens is 180 g/mol. The van der Waals surface area contributed by atoms with Crippen molar-refractivity contribution >= 4 is 17.5 Å². The number of carbonyl (C=O) groups is 1. The molecule has 0 aliphatic rings. The van der Waals surface area contributed by atoms with Gasteiger partial charge in [0.25, 0.3) is 0 Å². The fourth-order valence-electron chi connectivity index (χ4n) is 1.09. The van der Waals surface area contributed by atoms with E-state index in [1.54, 1.807) is 0 Å². The van der Waals surface area contributed by atoms with Crippen molar-refractivity contribution in [1.29, 1.82) is 0 Å². The van der Waals surface area contributed by atoms with Gasteiger partial charge in [-0.3, -0.25) is 4.79 Å². The first-order valence-corrected chi connectivity index (χ1v) is 5.85. The zero-order chi connectivity index (χ0) is 10.7. The van der Waals surface area contributed by atoms with Crippen LogP contribution in [0.5, 0.6) is 0 Å². The first-order chi connectivity index (χ1) is 5.69. The molecule has 0 bridgehead atoms. The first kappa shape index (κ1) is 13.0. The van der Waals surface area contributed by atoms with Crippen LogP contribution in [0, 0.1) is 5.41 Å². The summed E-state index contributed by atoms with van der Waals surface area (Å²) < 4.78 is 0.0963. The van der Waals surface area contributed by atoms with Gasteiger partial charge in [-0.15, -0.1) is 0 Å². The molecule has 0 aromatic carbocycles. The zero-order valence-corrected chi connectivity index (χ0v) is 10.5. The molecule has 0 heterocycles. The molecule has 0 spiro atoms. The van der Waals surface area contributed by atoms with E-state index in [9.17, 15) is 4.79 Å². The van der Waals surface area contributed by atoms with Crippen LogP contribution in [0.15, 0.2) is 0 Å². The summed E-state index contributed by atoms with van der Waals surface area (Å²) in [5.74, 6) is 1.43. The van der Waals surface area contributed by atoms with Gasteiger partial charge in [0.05, 0.1) is 0 Å². The summed E-state index contributed by atoms with van der Waals surface area (Å²) in [5.41, 5.74) is -0.189. The fourth-order valence-corrected chi connectivity index (χ4v) is 2.11. The van der Waals surface area contributed by atoms with Crippen molar-refractivity contribution in [1.82, 2.24) is 0 Å². The Labute approximate surface area is 86.7 Å². The van der Waals surface area contributed by atoms with Crippen LogP contribution in [0.4, 0.5) is 0 Å². The van der Waals surface area contributed by atoms with Crippen LogP contribution >= 0.6 is 11.8 Å². The Kier molecular flexibility index (Phi) is 4.50. The minimum absolute atomic E-state index is 0.0963. The largest absolute Gasteiger partial charge is 0.299 e. The quantitative estimate of drug-likeness (QED) is 0.694. The van der Waals surface area contributed by atoms with E-state index in [1.165, 1.54) is 0 Å². The summed E-state index contributed by atoms with van der Waals surface area (Å²) in [6.07, 6.45) is 0.676. The van der Waals surface area contributed by atoms with Crippen molar-refractivity contribution in [3.63, 3.8) is 0 Å². The maximum atomic E-state index is 11.7. The molecule has 0 rings (SSSR count). The summed E-state index contributed by atoms with van der Waals surface area (Å²) in [7, 11) is 0. The molecule has 0 N–H and O–H groups in total. The zero-order valence-electron chi connectivity index (χ0n) is 9.73. The van der Waals surface area contributed by atoms with E-state index >= 15 is 0 Å². The van der Waals surface area contributed by atoms with Crippen molar-refractivity contribution in [2.45, 2.75) is 52.7 Å². The molecule has 0 radical (unpaired) electrons. The SMILES string of the molecule is CCSC(C)(C)CC(=O)C(C)(C)C. The fraction of sp³-hybridized carbons (Fsp3) is 0.909. The second-order valence-corrected chi connectivity index (χ2v) is 7.01. The third kappa shape index (κ3) is 5.35. The van der Waals surface area contributed by atoms with E-state index in [1.807, 2.05) is 32.5 Å². The highest BCUT2D eigenvalue weighted by Gasteiger charge is 2.28. The van der Waals surface area contributed by atoms with Gasteiger partial charge >= 0.3 is 0 Å². The van der Waals surface area contributed by atoms with E-state index in [0.29, 0.717) is 12.2 Å². The molecular formula is C11H22OS. The normalized spacial score (nSPS) is 13.1. The number of hydrogen-bond acceptors (Lipinski definition) is 2. The van der Waals surface area contributed by atoms with Gasteiger partial charge < -0.3 is 0 Å². The maximum absolute atomic E-state index is 11.7. The number of thioether (sulfide) groups is 1. The van der Waals surface area contributed by atoms with E-state index in [-0.39, 0.29) is 10.2 Å². The molecule has 0 atom stereocenters. The van der Waals surface area contributed by atoms with E-state index in [2.05, 4.69) is 20.8 Å². The van der Waals surface area contributed by atoms with Crippen LogP contribution in [-0.4, -0.2) is 16.3 Å². The maximum Gasteiger partial charge on any atom is 0.139 e. The molecule has 0 amide bonds. The molecule has 78 valence electrons. The smallest absolute Gasteiger partial charge is 0.139 e. The van der Waals surface area contributed by atoms with Crippen molar-refractivity contribution in [2.75, 3.05) is 5.75 Å². The van der Waals surface area contributed by atoms with Gasteiger partial charge in [-0.1, -0.05) is 41.5 Å². The Morgan fingerprint density at radius 2 is 1.62 bits per heavy atom. The van der Waals surface area contributed by atoms with Gasteiger partial charge in [0.2, 0.25) is 0 Å². The van der Waals surface area contributed by atoms with Crippen molar-refractivity contribution < 1.29 is 4.79 Å². The molecule has 0 aromatic rings. The molecule has 1 nitrogen and oxygen atoms in total. The Morgan fingerprint density at radius 3 is 1.92 bits per heavy atom. The monoisotopic (exact) mass is 202 g/mol. The molecule has 0 aliphatic carbocycles. The summed E-state index contributed by atoms with van der Waals surface area (Å²) in [5, 5.41) is 0. The van der Waals surface area contributed by atoms with Gasteiger partial charge in [0, 0.05) is 16.6 Å². The topological polar surface area (TPSA) is 17.1 Å². The Bertz CT molecular complexity index is 177. The average molecular weight is 202 g/mol. The van der Waals surface area contributed by atoms with Crippen molar-refractivity contribution in [3.8, 4) is 0 Å². The molecule has 0 unspecified atom stereocenters. The lowest BCUT2D eigenvalue weighted by molar-refractivity contribution is -0.126. The summed E-state index contributed by atoms with van der Waals surface area (Å²) >= 11 is 1.86. The van der Waals surface area contributed by atoms with Gasteiger partial charge in [0.15, 0.2) is 0 Å². The number of rotatable bonds is 4. The molecule has 0 aromatic heterocycles. The highest BCUT2D eigenvalue weighted by atomic mass is 32.2. The molecule has 0 saturated heterocycles. The lowest BCUT2D eigenvalue weighted by Gasteiger charge is -2.26. The van der Waals surface area contributed by atoms with Crippen LogP contribution in [-0.2, 0) is 4.79 Å². The predicted octanol–water partition coefficient (Wildman–Crippen LogP) is 3.52. The second-order valence-electron chi connectivity index (χ2n) is 5.04. The van der Waals surface area contributed by atoms with Gasteiger partial charge in [-0.25, -0.2) is 0 Å². The second kappa shape index (κ2) is 4.50. The van der Waals surface area contributed by atoms with Crippen molar-refractivity contribution in [2.24, 2.45) is 5.41 Å². The van der Waals surface area contributed by atoms with E-state index in [4.69, 9.17) is 0 Å². The highest BCUT2D eigenvalue weighted by molar-refractivity contribution is 8.00. The summed E-state index contributed by atoms with van der Waals surface area (Å²) in [6, 6.07) is 0. The first-order valence-electron chi connectivity index (χ1n) is 4.86. The summed E-state index contributed by atoms with van der Waals surface area (Å²) in [4.78, 5) is 11.7. The van der Waals surface area contributed by atoms with Gasteiger partial charge in [0.1, 0.15) is 5.78 Å². The van der Waals surface area contributed by atoms with Crippen LogP contribution in [0.2, 0.25) is 0 Å². The molecule has 0 saturated carbocycles. The number of carbonyl (C=O) groups excluding carboxylic acids is 1. The average Bonchev–Trinajstić information content (AvgIpc) is 1.83. The van der Waals surface area contributed by atoms with E-state index in [0.717, 1.165) is 5.75 Å². The molecule has 2 heteroatoms. The Hall–Kier alpha value is 0.0200. The Morgan fingerprint density at radius 1 is 1.15 bits per heavy atom. The summed E-state index contributed by atoms with van der Waals surface area (Å²) in [6.45, 7) is 12.4. The molecule has 0 fully saturated rings. The van der Waals surface area contributed by atoms with E-state index < -0.39 is 0 Å².